The van der Waals surface area contributed by atoms with Crippen molar-refractivity contribution < 1.29 is 9.18 Å². The van der Waals surface area contributed by atoms with Gasteiger partial charge in [-0.2, -0.15) is 4.98 Å². The third kappa shape index (κ3) is 3.85. The Balaban J connectivity index is 1.36. The molecule has 0 radical (unpaired) electrons. The van der Waals surface area contributed by atoms with Crippen LogP contribution in [0.5, 0.6) is 0 Å². The third-order valence-electron chi connectivity index (χ3n) is 8.87. The molecule has 0 N–H and O–H groups in total. The van der Waals surface area contributed by atoms with Crippen LogP contribution >= 0.6 is 0 Å². The average molecular weight is 548 g/mol. The van der Waals surface area contributed by atoms with Crippen molar-refractivity contribution in [1.29, 1.82) is 0 Å². The normalized spacial score (nSPS) is 20.2. The Kier molecular flexibility index (Phi) is 5.91. The van der Waals surface area contributed by atoms with Gasteiger partial charge in [0.2, 0.25) is 11.9 Å². The molecule has 3 aliphatic heterocycles. The highest BCUT2D eigenvalue weighted by Gasteiger charge is 2.49. The number of likely N-dealkylation sites (tertiary alicyclic amines) is 1. The molecule has 41 heavy (non-hydrogen) atoms. The molecule has 2 atom stereocenters. The van der Waals surface area contributed by atoms with E-state index in [0.29, 0.717) is 47.4 Å². The molecule has 2 aromatic carbocycles. The topological polar surface area (TPSA) is 68.7 Å². The minimum absolute atomic E-state index is 0.0560. The summed E-state index contributed by atoms with van der Waals surface area (Å²) < 4.78 is 16.6. The highest BCUT2D eigenvalue weighted by atomic mass is 19.1. The lowest BCUT2D eigenvalue weighted by Gasteiger charge is -2.48. The maximum atomic E-state index is 16.6. The molecular weight excluding hydrogens is 517 g/mol. The Morgan fingerprint density at radius 3 is 2.66 bits per heavy atom. The van der Waals surface area contributed by atoms with Crippen LogP contribution < -0.4 is 9.80 Å². The van der Waals surface area contributed by atoms with Crippen LogP contribution in [-0.4, -0.2) is 89.1 Å². The van der Waals surface area contributed by atoms with E-state index in [1.165, 1.54) is 6.08 Å². The Hall–Kier alpha value is -4.55. The van der Waals surface area contributed by atoms with Crippen LogP contribution in [0.1, 0.15) is 12.0 Å². The van der Waals surface area contributed by atoms with Crippen molar-refractivity contribution in [3.8, 4) is 23.6 Å². The lowest BCUT2D eigenvalue weighted by atomic mass is 9.95. The first-order valence-electron chi connectivity index (χ1n) is 13.9. The fourth-order valence-corrected chi connectivity index (χ4v) is 6.44. The van der Waals surface area contributed by atoms with Gasteiger partial charge in [0, 0.05) is 54.9 Å². The number of hydrogen-bond acceptors (Lipinski definition) is 7. The highest BCUT2D eigenvalue weighted by Crippen LogP contribution is 2.41. The number of carbonyl (C=O) groups excluding carboxylic acids is 1. The van der Waals surface area contributed by atoms with Crippen LogP contribution in [0.25, 0.3) is 32.9 Å². The summed E-state index contributed by atoms with van der Waals surface area (Å²) in [7, 11) is 4.11. The van der Waals surface area contributed by atoms with Gasteiger partial charge in [0.1, 0.15) is 17.0 Å². The zero-order valence-corrected chi connectivity index (χ0v) is 23.1. The van der Waals surface area contributed by atoms with Crippen LogP contribution in [0.2, 0.25) is 0 Å². The summed E-state index contributed by atoms with van der Waals surface area (Å²) in [6, 6.07) is 12.0. The van der Waals surface area contributed by atoms with E-state index in [-0.39, 0.29) is 29.2 Å². The third-order valence-corrected chi connectivity index (χ3v) is 8.87. The van der Waals surface area contributed by atoms with E-state index in [2.05, 4.69) is 46.3 Å². The molecule has 0 saturated carbocycles. The number of benzene rings is 2. The summed E-state index contributed by atoms with van der Waals surface area (Å²) in [6.45, 7) is 6.46. The Morgan fingerprint density at radius 2 is 1.93 bits per heavy atom. The fraction of sp³-hybridized carbons (Fsp3) is 0.312. The molecule has 0 aliphatic carbocycles. The van der Waals surface area contributed by atoms with Crippen LogP contribution in [0.15, 0.2) is 55.3 Å². The monoisotopic (exact) mass is 547 g/mol. The molecule has 9 heteroatoms. The number of carbonyl (C=O) groups is 1. The molecule has 8 nitrogen and oxygen atoms in total. The smallest absolute Gasteiger partial charge is 0.246 e. The minimum Gasteiger partial charge on any atom is -0.349 e. The molecule has 0 bridgehead atoms. The van der Waals surface area contributed by atoms with Crippen LogP contribution in [0.4, 0.5) is 16.2 Å². The predicted molar refractivity (Wildman–Crippen MR) is 159 cm³/mol. The Labute approximate surface area is 238 Å². The van der Waals surface area contributed by atoms with E-state index >= 15 is 4.39 Å². The molecule has 206 valence electrons. The van der Waals surface area contributed by atoms with E-state index < -0.39 is 5.82 Å². The number of hydrogen-bond donors (Lipinski definition) is 0. The lowest BCUT2D eigenvalue weighted by molar-refractivity contribution is -0.127. The van der Waals surface area contributed by atoms with Gasteiger partial charge in [-0.3, -0.25) is 9.78 Å². The number of likely N-dealkylation sites (N-methyl/N-ethyl adjacent to an activating group) is 1. The number of aromatic nitrogens is 3. The summed E-state index contributed by atoms with van der Waals surface area (Å²) in [5, 5.41) is 2.27. The average Bonchev–Trinajstić information content (AvgIpc) is 3.27. The van der Waals surface area contributed by atoms with E-state index in [0.717, 1.165) is 30.3 Å². The van der Waals surface area contributed by atoms with Gasteiger partial charge >= 0.3 is 0 Å². The predicted octanol–water partition coefficient (Wildman–Crippen LogP) is 3.69. The van der Waals surface area contributed by atoms with Crippen molar-refractivity contribution in [3.63, 3.8) is 0 Å². The second-order valence-electron chi connectivity index (χ2n) is 11.2. The zero-order valence-electron chi connectivity index (χ0n) is 23.1. The molecule has 4 aromatic rings. The zero-order chi connectivity index (χ0) is 28.4. The number of anilines is 2. The molecule has 1 amide bonds. The number of rotatable bonds is 5. The summed E-state index contributed by atoms with van der Waals surface area (Å²) >= 11 is 0. The lowest BCUT2D eigenvalue weighted by Crippen LogP contribution is -2.63. The standard InChI is InChI=1S/C32H30FN7O/c1-5-19-9-7-10-20-11-8-12-22(27(19)20)29-28(33)30-23(15-34-29)31(36-32(35-30)38-16-21(17-38)37(3)4)40-18-25-24(40)13-14-39(25)26(41)6-2/h1,6-12,15,21,24-25H,2,13-14,16-18H2,3-4H3/t24-,25-/m1/s1. The van der Waals surface area contributed by atoms with Crippen LogP contribution in [-0.2, 0) is 4.79 Å². The van der Waals surface area contributed by atoms with Gasteiger partial charge in [0.15, 0.2) is 5.82 Å². The first-order chi connectivity index (χ1) is 19.9. The minimum atomic E-state index is -0.497. The molecular formula is C32H30FN7O. The molecule has 0 unspecified atom stereocenters. The van der Waals surface area contributed by atoms with Gasteiger partial charge in [-0.15, -0.1) is 6.42 Å². The number of pyridine rings is 1. The number of terminal acetylenes is 1. The number of amides is 1. The number of nitrogens with zero attached hydrogens (tertiary/aromatic N) is 7. The van der Waals surface area contributed by atoms with Crippen molar-refractivity contribution in [2.75, 3.05) is 50.1 Å². The second kappa shape index (κ2) is 9.53. The molecule has 3 saturated heterocycles. The summed E-state index contributed by atoms with van der Waals surface area (Å²) in [4.78, 5) is 35.1. The van der Waals surface area contributed by atoms with E-state index in [9.17, 15) is 4.79 Å². The van der Waals surface area contributed by atoms with Crippen molar-refractivity contribution in [1.82, 2.24) is 24.8 Å². The van der Waals surface area contributed by atoms with Gasteiger partial charge in [0.25, 0.3) is 0 Å². The van der Waals surface area contributed by atoms with Crippen molar-refractivity contribution in [2.45, 2.75) is 24.5 Å². The second-order valence-corrected chi connectivity index (χ2v) is 11.2. The van der Waals surface area contributed by atoms with Gasteiger partial charge in [-0.25, -0.2) is 9.37 Å². The quantitative estimate of drug-likeness (QED) is 0.279. The van der Waals surface area contributed by atoms with Crippen molar-refractivity contribution in [2.24, 2.45) is 0 Å². The Bertz CT molecular complexity index is 1770. The fourth-order valence-electron chi connectivity index (χ4n) is 6.44. The van der Waals surface area contributed by atoms with E-state index in [1.807, 2.05) is 41.3 Å². The SMILES string of the molecule is C#Cc1cccc2cccc(-c3ncc4c(N5C[C@@H]6[C@H]5CCN6C(=O)C=C)nc(N5CC(N(C)C)C5)nc4c3F)c12. The molecule has 0 spiro atoms. The molecule has 3 aliphatic rings. The van der Waals surface area contributed by atoms with Gasteiger partial charge in [0.05, 0.1) is 17.5 Å². The first kappa shape index (κ1) is 25.4. The first-order valence-corrected chi connectivity index (χ1v) is 13.9. The Morgan fingerprint density at radius 1 is 1.15 bits per heavy atom. The van der Waals surface area contributed by atoms with Crippen LogP contribution in [0, 0.1) is 18.2 Å². The van der Waals surface area contributed by atoms with Crippen molar-refractivity contribution >= 4 is 39.3 Å². The van der Waals surface area contributed by atoms with Crippen LogP contribution in [0.3, 0.4) is 0 Å². The van der Waals surface area contributed by atoms with Crippen molar-refractivity contribution in [3.05, 3.63) is 66.6 Å². The summed E-state index contributed by atoms with van der Waals surface area (Å²) in [5.41, 5.74) is 1.76. The number of halogens is 1. The van der Waals surface area contributed by atoms with E-state index in [1.54, 1.807) is 6.20 Å². The van der Waals surface area contributed by atoms with E-state index in [4.69, 9.17) is 16.4 Å². The number of fused-ring (bicyclic) bond motifs is 3. The molecule has 5 heterocycles. The highest BCUT2D eigenvalue weighted by molar-refractivity contribution is 6.02. The van der Waals surface area contributed by atoms with Gasteiger partial charge in [-0.05, 0) is 38.0 Å². The molecule has 7 rings (SSSR count). The van der Waals surface area contributed by atoms with Gasteiger partial charge in [-0.1, -0.05) is 42.8 Å². The largest absolute Gasteiger partial charge is 0.349 e. The maximum Gasteiger partial charge on any atom is 0.246 e. The maximum absolute atomic E-state index is 16.6. The molecule has 3 fully saturated rings. The molecule has 2 aromatic heterocycles. The van der Waals surface area contributed by atoms with Gasteiger partial charge < -0.3 is 19.6 Å². The summed E-state index contributed by atoms with van der Waals surface area (Å²) in [5.74, 6) is 3.35. The summed E-state index contributed by atoms with van der Waals surface area (Å²) in [6.07, 6.45) is 9.69.